The van der Waals surface area contributed by atoms with Crippen LogP contribution in [0.3, 0.4) is 0 Å². The van der Waals surface area contributed by atoms with Gasteiger partial charge in [0, 0.05) is 16.9 Å². The standard InChI is InChI=1S/C14H10F4N2S/c15-11-6-5-8(7-10(11)14(16,17)18)20-12-4-2-1-3-9(12)13(19)21/h1-7,20H,(H2,19,21). The molecule has 0 radical (unpaired) electrons. The van der Waals surface area contributed by atoms with Gasteiger partial charge in [-0.3, -0.25) is 0 Å². The maximum atomic E-state index is 13.2. The lowest BCUT2D eigenvalue weighted by molar-refractivity contribution is -0.139. The molecule has 2 aromatic rings. The Morgan fingerprint density at radius 3 is 2.38 bits per heavy atom. The quantitative estimate of drug-likeness (QED) is 0.658. The summed E-state index contributed by atoms with van der Waals surface area (Å²) in [6.45, 7) is 0. The van der Waals surface area contributed by atoms with Gasteiger partial charge in [0.25, 0.3) is 0 Å². The summed E-state index contributed by atoms with van der Waals surface area (Å²) in [5.41, 5.74) is 5.24. The molecule has 7 heteroatoms. The number of nitrogens with two attached hydrogens (primary N) is 1. The van der Waals surface area contributed by atoms with E-state index in [0.29, 0.717) is 17.3 Å². The van der Waals surface area contributed by atoms with Gasteiger partial charge in [-0.25, -0.2) is 4.39 Å². The van der Waals surface area contributed by atoms with Crippen LogP contribution in [0.1, 0.15) is 11.1 Å². The number of benzene rings is 2. The predicted octanol–water partition coefficient (Wildman–Crippen LogP) is 4.22. The smallest absolute Gasteiger partial charge is 0.389 e. The molecule has 0 amide bonds. The predicted molar refractivity (Wildman–Crippen MR) is 77.0 cm³/mol. The minimum Gasteiger partial charge on any atom is -0.389 e. The third-order valence-electron chi connectivity index (χ3n) is 2.74. The van der Waals surface area contributed by atoms with Gasteiger partial charge in [0.15, 0.2) is 0 Å². The van der Waals surface area contributed by atoms with E-state index < -0.39 is 17.6 Å². The zero-order valence-corrected chi connectivity index (χ0v) is 11.4. The highest BCUT2D eigenvalue weighted by atomic mass is 32.1. The molecule has 2 aromatic carbocycles. The van der Waals surface area contributed by atoms with Crippen molar-refractivity contribution in [3.63, 3.8) is 0 Å². The highest BCUT2D eigenvalue weighted by Gasteiger charge is 2.34. The highest BCUT2D eigenvalue weighted by Crippen LogP contribution is 2.34. The third-order valence-corrected chi connectivity index (χ3v) is 2.96. The van der Waals surface area contributed by atoms with E-state index in [2.05, 4.69) is 5.32 Å². The monoisotopic (exact) mass is 314 g/mol. The van der Waals surface area contributed by atoms with Crippen LogP contribution in [-0.4, -0.2) is 4.99 Å². The first kappa shape index (κ1) is 15.2. The van der Waals surface area contributed by atoms with Gasteiger partial charge >= 0.3 is 6.18 Å². The normalized spacial score (nSPS) is 11.2. The van der Waals surface area contributed by atoms with E-state index in [-0.39, 0.29) is 10.7 Å². The first-order chi connectivity index (χ1) is 9.79. The Morgan fingerprint density at radius 2 is 1.76 bits per heavy atom. The summed E-state index contributed by atoms with van der Waals surface area (Å²) in [4.78, 5) is 0.108. The molecule has 0 fully saturated rings. The third kappa shape index (κ3) is 3.49. The Kier molecular flexibility index (Phi) is 4.13. The number of alkyl halides is 3. The summed E-state index contributed by atoms with van der Waals surface area (Å²) in [7, 11) is 0. The Morgan fingerprint density at radius 1 is 1.10 bits per heavy atom. The fourth-order valence-corrected chi connectivity index (χ4v) is 1.96. The molecule has 110 valence electrons. The second-order valence-corrected chi connectivity index (χ2v) is 4.67. The molecule has 2 rings (SSSR count). The first-order valence-electron chi connectivity index (χ1n) is 5.81. The number of hydrogen-bond acceptors (Lipinski definition) is 2. The second kappa shape index (κ2) is 5.69. The average molecular weight is 314 g/mol. The molecular weight excluding hydrogens is 304 g/mol. The van der Waals surface area contributed by atoms with Gasteiger partial charge in [-0.2, -0.15) is 13.2 Å². The molecule has 3 N–H and O–H groups in total. The van der Waals surface area contributed by atoms with E-state index in [1.54, 1.807) is 24.3 Å². The summed E-state index contributed by atoms with van der Waals surface area (Å²) in [6.07, 6.45) is -4.76. The number of halogens is 4. The Labute approximate surface area is 123 Å². The lowest BCUT2D eigenvalue weighted by atomic mass is 10.1. The van der Waals surface area contributed by atoms with Crippen LogP contribution < -0.4 is 11.1 Å². The lowest BCUT2D eigenvalue weighted by Crippen LogP contribution is -2.12. The molecule has 0 aliphatic carbocycles. The van der Waals surface area contributed by atoms with E-state index in [1.807, 2.05) is 0 Å². The van der Waals surface area contributed by atoms with Crippen molar-refractivity contribution in [3.8, 4) is 0 Å². The Balaban J connectivity index is 2.40. The van der Waals surface area contributed by atoms with Crippen LogP contribution in [0.15, 0.2) is 42.5 Å². The molecule has 0 atom stereocenters. The number of para-hydroxylation sites is 1. The minimum atomic E-state index is -4.76. The molecule has 0 bridgehead atoms. The van der Waals surface area contributed by atoms with Gasteiger partial charge < -0.3 is 11.1 Å². The van der Waals surface area contributed by atoms with Gasteiger partial charge in [-0.15, -0.1) is 0 Å². The van der Waals surface area contributed by atoms with Crippen molar-refractivity contribution >= 4 is 28.6 Å². The van der Waals surface area contributed by atoms with E-state index in [4.69, 9.17) is 18.0 Å². The van der Waals surface area contributed by atoms with Crippen LogP contribution in [0, 0.1) is 5.82 Å². The molecule has 21 heavy (non-hydrogen) atoms. The molecule has 0 aliphatic heterocycles. The molecule has 0 saturated carbocycles. The highest BCUT2D eigenvalue weighted by molar-refractivity contribution is 7.80. The zero-order valence-electron chi connectivity index (χ0n) is 10.5. The van der Waals surface area contributed by atoms with Gasteiger partial charge in [0.1, 0.15) is 10.8 Å². The number of nitrogens with one attached hydrogen (secondary N) is 1. The summed E-state index contributed by atoms with van der Waals surface area (Å²) >= 11 is 4.87. The average Bonchev–Trinajstić information content (AvgIpc) is 2.40. The number of anilines is 2. The van der Waals surface area contributed by atoms with Gasteiger partial charge in [-0.05, 0) is 30.3 Å². The van der Waals surface area contributed by atoms with Crippen LogP contribution in [0.2, 0.25) is 0 Å². The van der Waals surface area contributed by atoms with E-state index in [9.17, 15) is 17.6 Å². The van der Waals surface area contributed by atoms with Gasteiger partial charge in [-0.1, -0.05) is 24.4 Å². The van der Waals surface area contributed by atoms with Crippen LogP contribution in [-0.2, 0) is 6.18 Å². The maximum Gasteiger partial charge on any atom is 0.419 e. The van der Waals surface area contributed by atoms with Crippen LogP contribution >= 0.6 is 12.2 Å². The Hall–Kier alpha value is -2.15. The SMILES string of the molecule is NC(=S)c1ccccc1Nc1ccc(F)c(C(F)(F)F)c1. The van der Waals surface area contributed by atoms with Crippen molar-refractivity contribution in [2.75, 3.05) is 5.32 Å². The van der Waals surface area contributed by atoms with Crippen molar-refractivity contribution in [1.29, 1.82) is 0 Å². The molecule has 0 aliphatic rings. The van der Waals surface area contributed by atoms with Crippen LogP contribution in [0.5, 0.6) is 0 Å². The molecule has 2 nitrogen and oxygen atoms in total. The van der Waals surface area contributed by atoms with Crippen molar-refractivity contribution in [1.82, 2.24) is 0 Å². The maximum absolute atomic E-state index is 13.2. The summed E-state index contributed by atoms with van der Waals surface area (Å²) in [5.74, 6) is -1.32. The van der Waals surface area contributed by atoms with Gasteiger partial charge in [0.2, 0.25) is 0 Å². The van der Waals surface area contributed by atoms with Crippen LogP contribution in [0.25, 0.3) is 0 Å². The molecule has 0 heterocycles. The summed E-state index contributed by atoms with van der Waals surface area (Å²) < 4.78 is 51.2. The zero-order chi connectivity index (χ0) is 15.6. The van der Waals surface area contributed by atoms with Crippen molar-refractivity contribution in [2.24, 2.45) is 5.73 Å². The largest absolute Gasteiger partial charge is 0.419 e. The van der Waals surface area contributed by atoms with Crippen LogP contribution in [0.4, 0.5) is 28.9 Å². The number of rotatable bonds is 3. The minimum absolute atomic E-state index is 0.0902. The molecule has 0 aromatic heterocycles. The second-order valence-electron chi connectivity index (χ2n) is 4.23. The fraction of sp³-hybridized carbons (Fsp3) is 0.0714. The summed E-state index contributed by atoms with van der Waals surface area (Å²) in [6, 6.07) is 9.30. The Bertz CT molecular complexity index is 683. The number of thiocarbonyl (C=S) groups is 1. The van der Waals surface area contributed by atoms with Crippen molar-refractivity contribution in [3.05, 3.63) is 59.4 Å². The first-order valence-corrected chi connectivity index (χ1v) is 6.22. The fourth-order valence-electron chi connectivity index (χ4n) is 1.78. The molecular formula is C14H10F4N2S. The number of hydrogen-bond donors (Lipinski definition) is 2. The van der Waals surface area contributed by atoms with Crippen molar-refractivity contribution < 1.29 is 17.6 Å². The van der Waals surface area contributed by atoms with Gasteiger partial charge in [0.05, 0.1) is 5.56 Å². The van der Waals surface area contributed by atoms with Crippen molar-refractivity contribution in [2.45, 2.75) is 6.18 Å². The molecule has 0 unspecified atom stereocenters. The lowest BCUT2D eigenvalue weighted by Gasteiger charge is -2.13. The van der Waals surface area contributed by atoms with E-state index in [1.165, 1.54) is 6.07 Å². The summed E-state index contributed by atoms with van der Waals surface area (Å²) in [5, 5.41) is 2.76. The van der Waals surface area contributed by atoms with E-state index in [0.717, 1.165) is 6.07 Å². The molecule has 0 spiro atoms. The topological polar surface area (TPSA) is 38.0 Å². The molecule has 0 saturated heterocycles. The van der Waals surface area contributed by atoms with E-state index >= 15 is 0 Å².